The Morgan fingerprint density at radius 3 is 3.14 bits per heavy atom. The van der Waals surface area contributed by atoms with Crippen molar-refractivity contribution in [2.45, 2.75) is 20.0 Å². The maximum absolute atomic E-state index is 11.5. The van der Waals surface area contributed by atoms with Gasteiger partial charge in [0.25, 0.3) is 0 Å². The summed E-state index contributed by atoms with van der Waals surface area (Å²) in [5.41, 5.74) is 0.513. The number of nitrogens with zero attached hydrogens (tertiary/aromatic N) is 3. The lowest BCUT2D eigenvalue weighted by Gasteiger charge is -2.07. The van der Waals surface area contributed by atoms with Gasteiger partial charge in [0.15, 0.2) is 5.82 Å². The van der Waals surface area contributed by atoms with Gasteiger partial charge in [0.2, 0.25) is 0 Å². The summed E-state index contributed by atoms with van der Waals surface area (Å²) in [4.78, 5) is 11.5. The largest absolute Gasteiger partial charge is 0.461 e. The first-order valence-electron chi connectivity index (χ1n) is 4.53. The summed E-state index contributed by atoms with van der Waals surface area (Å²) in [7, 11) is 0. The lowest BCUT2D eigenvalue weighted by Crippen LogP contribution is -2.12. The molecule has 0 N–H and O–H groups in total. The molecule has 1 aliphatic heterocycles. The minimum absolute atomic E-state index is 0.112. The van der Waals surface area contributed by atoms with E-state index in [0.29, 0.717) is 18.1 Å². The van der Waals surface area contributed by atoms with Gasteiger partial charge in [-0.1, -0.05) is 0 Å². The standard InChI is InChI=1S/C9H11N3O2/c1-3-14-9(13)7-4-5-8-11-10-6(2)12(7)8/h4-6H,3H2,1-2H3. The third-order valence-corrected chi connectivity index (χ3v) is 2.08. The molecule has 14 heavy (non-hydrogen) atoms. The van der Waals surface area contributed by atoms with E-state index in [2.05, 4.69) is 10.2 Å². The predicted molar refractivity (Wildman–Crippen MR) is 49.6 cm³/mol. The quantitative estimate of drug-likeness (QED) is 0.676. The number of carbonyl (C=O) groups excluding carboxylic acids is 1. The van der Waals surface area contributed by atoms with Crippen molar-refractivity contribution in [1.82, 2.24) is 4.57 Å². The number of fused-ring (bicyclic) bond motifs is 1. The van der Waals surface area contributed by atoms with Crippen molar-refractivity contribution < 1.29 is 9.53 Å². The number of hydrogen-bond donors (Lipinski definition) is 0. The minimum atomic E-state index is -0.321. The number of azo groups is 1. The average Bonchev–Trinajstić information content (AvgIpc) is 2.70. The zero-order valence-electron chi connectivity index (χ0n) is 8.10. The van der Waals surface area contributed by atoms with Crippen LogP contribution in [-0.2, 0) is 4.74 Å². The molecule has 2 rings (SSSR count). The Balaban J connectivity index is 2.34. The Labute approximate surface area is 81.4 Å². The number of aromatic nitrogens is 1. The van der Waals surface area contributed by atoms with Gasteiger partial charge in [-0.25, -0.2) is 4.79 Å². The summed E-state index contributed by atoms with van der Waals surface area (Å²) in [5, 5.41) is 7.87. The molecule has 0 saturated heterocycles. The SMILES string of the molecule is CCOC(=O)c1ccc2n1C(C)N=N2. The highest BCUT2D eigenvalue weighted by Gasteiger charge is 2.23. The van der Waals surface area contributed by atoms with Gasteiger partial charge in [0.05, 0.1) is 6.61 Å². The van der Waals surface area contributed by atoms with E-state index in [1.54, 1.807) is 23.6 Å². The van der Waals surface area contributed by atoms with Crippen molar-refractivity contribution in [3.63, 3.8) is 0 Å². The van der Waals surface area contributed by atoms with Crippen LogP contribution in [0.15, 0.2) is 22.4 Å². The summed E-state index contributed by atoms with van der Waals surface area (Å²) < 4.78 is 6.68. The van der Waals surface area contributed by atoms with Crippen LogP contribution < -0.4 is 0 Å². The molecule has 1 atom stereocenters. The number of esters is 1. The number of rotatable bonds is 2. The molecule has 1 aliphatic rings. The molecule has 0 aromatic carbocycles. The van der Waals surface area contributed by atoms with Crippen LogP contribution in [0, 0.1) is 0 Å². The average molecular weight is 193 g/mol. The molecule has 5 heteroatoms. The molecule has 0 radical (unpaired) electrons. The fraction of sp³-hybridized carbons (Fsp3) is 0.444. The Kier molecular flexibility index (Phi) is 2.07. The van der Waals surface area contributed by atoms with E-state index >= 15 is 0 Å². The second-order valence-electron chi connectivity index (χ2n) is 3.01. The molecule has 1 aromatic heterocycles. The summed E-state index contributed by atoms with van der Waals surface area (Å²) in [6.45, 7) is 4.04. The van der Waals surface area contributed by atoms with Gasteiger partial charge in [0, 0.05) is 0 Å². The van der Waals surface area contributed by atoms with Crippen molar-refractivity contribution in [2.75, 3.05) is 6.61 Å². The summed E-state index contributed by atoms with van der Waals surface area (Å²) in [6.07, 6.45) is -0.112. The van der Waals surface area contributed by atoms with Crippen LogP contribution in [0.1, 0.15) is 30.5 Å². The van der Waals surface area contributed by atoms with Gasteiger partial charge in [-0.2, -0.15) is 5.11 Å². The zero-order valence-corrected chi connectivity index (χ0v) is 8.10. The third kappa shape index (κ3) is 1.21. The highest BCUT2D eigenvalue weighted by molar-refractivity contribution is 5.88. The van der Waals surface area contributed by atoms with E-state index in [0.717, 1.165) is 0 Å². The lowest BCUT2D eigenvalue weighted by atomic mass is 10.4. The molecule has 1 aromatic rings. The van der Waals surface area contributed by atoms with Gasteiger partial charge < -0.3 is 4.74 Å². The van der Waals surface area contributed by atoms with Crippen LogP contribution in [0.5, 0.6) is 0 Å². The van der Waals surface area contributed by atoms with E-state index in [-0.39, 0.29) is 12.1 Å². The highest BCUT2D eigenvalue weighted by atomic mass is 16.5. The maximum atomic E-state index is 11.5. The molecule has 0 amide bonds. The van der Waals surface area contributed by atoms with Gasteiger partial charge >= 0.3 is 5.97 Å². The van der Waals surface area contributed by atoms with E-state index in [1.165, 1.54) is 0 Å². The monoisotopic (exact) mass is 193 g/mol. The van der Waals surface area contributed by atoms with Gasteiger partial charge in [-0.15, -0.1) is 5.11 Å². The Hall–Kier alpha value is -1.65. The Bertz CT molecular complexity index is 395. The van der Waals surface area contributed by atoms with Gasteiger partial charge in [-0.3, -0.25) is 4.57 Å². The molecular formula is C9H11N3O2. The summed E-state index contributed by atoms with van der Waals surface area (Å²) in [6, 6.07) is 3.47. The van der Waals surface area contributed by atoms with Crippen LogP contribution in [0.3, 0.4) is 0 Å². The topological polar surface area (TPSA) is 56.0 Å². The first-order valence-corrected chi connectivity index (χ1v) is 4.53. The van der Waals surface area contributed by atoms with Crippen molar-refractivity contribution in [2.24, 2.45) is 10.2 Å². The molecular weight excluding hydrogens is 182 g/mol. The molecule has 74 valence electrons. The van der Waals surface area contributed by atoms with Crippen molar-refractivity contribution in [1.29, 1.82) is 0 Å². The van der Waals surface area contributed by atoms with Crippen molar-refractivity contribution in [3.8, 4) is 0 Å². The number of ether oxygens (including phenoxy) is 1. The van der Waals surface area contributed by atoms with Crippen LogP contribution >= 0.6 is 0 Å². The molecule has 0 aliphatic carbocycles. The fourth-order valence-corrected chi connectivity index (χ4v) is 1.48. The maximum Gasteiger partial charge on any atom is 0.355 e. The Morgan fingerprint density at radius 1 is 1.64 bits per heavy atom. The third-order valence-electron chi connectivity index (χ3n) is 2.08. The molecule has 0 fully saturated rings. The van der Waals surface area contributed by atoms with Crippen LogP contribution in [0.2, 0.25) is 0 Å². The molecule has 5 nitrogen and oxygen atoms in total. The minimum Gasteiger partial charge on any atom is -0.461 e. The first-order chi connectivity index (χ1) is 6.74. The van der Waals surface area contributed by atoms with Gasteiger partial charge in [-0.05, 0) is 26.0 Å². The highest BCUT2D eigenvalue weighted by Crippen LogP contribution is 2.31. The van der Waals surface area contributed by atoms with E-state index in [9.17, 15) is 4.79 Å². The predicted octanol–water partition coefficient (Wildman–Crippen LogP) is 2.28. The summed E-state index contributed by atoms with van der Waals surface area (Å²) in [5.74, 6) is 0.387. The molecule has 0 saturated carbocycles. The molecule has 1 unspecified atom stereocenters. The molecule has 0 bridgehead atoms. The van der Waals surface area contributed by atoms with E-state index < -0.39 is 0 Å². The second-order valence-corrected chi connectivity index (χ2v) is 3.01. The van der Waals surface area contributed by atoms with Crippen LogP contribution in [-0.4, -0.2) is 17.1 Å². The van der Waals surface area contributed by atoms with E-state index in [1.807, 2.05) is 6.92 Å². The second kappa shape index (κ2) is 3.25. The van der Waals surface area contributed by atoms with Crippen LogP contribution in [0.25, 0.3) is 0 Å². The Morgan fingerprint density at radius 2 is 2.43 bits per heavy atom. The normalized spacial score (nSPS) is 18.3. The zero-order chi connectivity index (χ0) is 10.1. The van der Waals surface area contributed by atoms with Crippen LogP contribution in [0.4, 0.5) is 5.82 Å². The molecule has 0 spiro atoms. The van der Waals surface area contributed by atoms with Gasteiger partial charge in [0.1, 0.15) is 11.9 Å². The molecule has 2 heterocycles. The fourth-order valence-electron chi connectivity index (χ4n) is 1.48. The van der Waals surface area contributed by atoms with E-state index in [4.69, 9.17) is 4.74 Å². The van der Waals surface area contributed by atoms with Crippen molar-refractivity contribution in [3.05, 3.63) is 17.8 Å². The number of carbonyl (C=O) groups is 1. The first kappa shape index (κ1) is 8.93. The number of hydrogen-bond acceptors (Lipinski definition) is 4. The summed E-state index contributed by atoms with van der Waals surface area (Å²) >= 11 is 0. The van der Waals surface area contributed by atoms with Crippen molar-refractivity contribution >= 4 is 11.8 Å². The smallest absolute Gasteiger partial charge is 0.355 e. The lowest BCUT2D eigenvalue weighted by molar-refractivity contribution is 0.0512.